The van der Waals surface area contributed by atoms with Crippen LogP contribution in [0.4, 0.5) is 0 Å². The molecule has 2 aliphatic rings. The molecule has 1 aliphatic carbocycles. The standard InChI is InChI=1S/C19H24N4O.ClH/c24-19(18-12-15-4-1-2-5-17(15)22-18)20-13-14-6-8-16(9-7-14)23-11-3-10-21-23;/h3,6-11,15,17-18,22H,1-2,4-5,12-13H2,(H,20,24);1H. The van der Waals surface area contributed by atoms with Crippen LogP contribution in [0.25, 0.3) is 5.69 Å². The van der Waals surface area contributed by atoms with Crippen LogP contribution in [0.15, 0.2) is 42.7 Å². The van der Waals surface area contributed by atoms with E-state index in [1.54, 1.807) is 6.20 Å². The van der Waals surface area contributed by atoms with Gasteiger partial charge in [0.1, 0.15) is 0 Å². The molecule has 6 heteroatoms. The van der Waals surface area contributed by atoms with E-state index in [-0.39, 0.29) is 24.4 Å². The zero-order valence-electron chi connectivity index (χ0n) is 14.2. The maximum Gasteiger partial charge on any atom is 0.237 e. The molecule has 3 unspecified atom stereocenters. The summed E-state index contributed by atoms with van der Waals surface area (Å²) >= 11 is 0. The maximum absolute atomic E-state index is 12.4. The Morgan fingerprint density at radius 2 is 2.04 bits per heavy atom. The molecule has 1 saturated heterocycles. The number of carbonyl (C=O) groups excluding carboxylic acids is 1. The molecule has 3 atom stereocenters. The highest BCUT2D eigenvalue weighted by molar-refractivity contribution is 5.85. The summed E-state index contributed by atoms with van der Waals surface area (Å²) < 4.78 is 1.83. The van der Waals surface area contributed by atoms with Crippen molar-refractivity contribution in [3.8, 4) is 5.69 Å². The van der Waals surface area contributed by atoms with Crippen LogP contribution in [0.1, 0.15) is 37.7 Å². The van der Waals surface area contributed by atoms with Gasteiger partial charge < -0.3 is 10.6 Å². The van der Waals surface area contributed by atoms with Gasteiger partial charge in [0.05, 0.1) is 11.7 Å². The van der Waals surface area contributed by atoms with E-state index in [4.69, 9.17) is 0 Å². The lowest BCUT2D eigenvalue weighted by molar-refractivity contribution is -0.123. The highest BCUT2D eigenvalue weighted by Gasteiger charge is 2.37. The number of nitrogens with zero attached hydrogens (tertiary/aromatic N) is 2. The van der Waals surface area contributed by atoms with Crippen molar-refractivity contribution in [1.82, 2.24) is 20.4 Å². The first-order chi connectivity index (χ1) is 11.8. The summed E-state index contributed by atoms with van der Waals surface area (Å²) in [6, 6.07) is 10.6. The van der Waals surface area contributed by atoms with Crippen LogP contribution in [0, 0.1) is 5.92 Å². The van der Waals surface area contributed by atoms with Gasteiger partial charge >= 0.3 is 0 Å². The SMILES string of the molecule is Cl.O=C(NCc1ccc(-n2cccn2)cc1)C1CC2CCCCC2N1. The molecule has 2 fully saturated rings. The average Bonchev–Trinajstić information content (AvgIpc) is 3.29. The van der Waals surface area contributed by atoms with E-state index in [2.05, 4.69) is 15.7 Å². The average molecular weight is 361 g/mol. The van der Waals surface area contributed by atoms with Crippen molar-refractivity contribution in [2.75, 3.05) is 0 Å². The summed E-state index contributed by atoms with van der Waals surface area (Å²) in [4.78, 5) is 12.4. The van der Waals surface area contributed by atoms with Crippen molar-refractivity contribution >= 4 is 18.3 Å². The van der Waals surface area contributed by atoms with E-state index >= 15 is 0 Å². The molecule has 1 aromatic heterocycles. The number of fused-ring (bicyclic) bond motifs is 1. The predicted molar refractivity (Wildman–Crippen MR) is 99.9 cm³/mol. The van der Waals surface area contributed by atoms with Crippen LogP contribution in [-0.2, 0) is 11.3 Å². The monoisotopic (exact) mass is 360 g/mol. The Balaban J connectivity index is 0.00000182. The van der Waals surface area contributed by atoms with Gasteiger partial charge in [0, 0.05) is 25.0 Å². The second-order valence-electron chi connectivity index (χ2n) is 6.94. The van der Waals surface area contributed by atoms with Gasteiger partial charge in [0.2, 0.25) is 5.91 Å². The molecule has 134 valence electrons. The quantitative estimate of drug-likeness (QED) is 0.881. The third kappa shape index (κ3) is 4.05. The maximum atomic E-state index is 12.4. The molecule has 25 heavy (non-hydrogen) atoms. The predicted octanol–water partition coefficient (Wildman–Crippen LogP) is 2.83. The number of carbonyl (C=O) groups is 1. The van der Waals surface area contributed by atoms with Crippen LogP contribution in [0.3, 0.4) is 0 Å². The number of amides is 1. The largest absolute Gasteiger partial charge is 0.351 e. The lowest BCUT2D eigenvalue weighted by Gasteiger charge is -2.24. The first-order valence-corrected chi connectivity index (χ1v) is 8.92. The van der Waals surface area contributed by atoms with Gasteiger partial charge in [-0.25, -0.2) is 4.68 Å². The molecular formula is C19H25ClN4O. The molecule has 2 aromatic rings. The highest BCUT2D eigenvalue weighted by atomic mass is 35.5. The zero-order chi connectivity index (χ0) is 16.4. The number of halogens is 1. The van der Waals surface area contributed by atoms with Crippen molar-refractivity contribution in [2.45, 2.75) is 50.7 Å². The van der Waals surface area contributed by atoms with Gasteiger partial charge in [-0.1, -0.05) is 25.0 Å². The van der Waals surface area contributed by atoms with Crippen molar-refractivity contribution in [1.29, 1.82) is 0 Å². The second-order valence-corrected chi connectivity index (χ2v) is 6.94. The zero-order valence-corrected chi connectivity index (χ0v) is 15.0. The van der Waals surface area contributed by atoms with Crippen LogP contribution in [0.5, 0.6) is 0 Å². The van der Waals surface area contributed by atoms with Gasteiger partial charge in [-0.15, -0.1) is 12.4 Å². The molecule has 0 spiro atoms. The number of aromatic nitrogens is 2. The van der Waals surface area contributed by atoms with E-state index in [0.717, 1.165) is 17.7 Å². The number of rotatable bonds is 4. The topological polar surface area (TPSA) is 59.0 Å². The molecule has 4 rings (SSSR count). The van der Waals surface area contributed by atoms with Crippen molar-refractivity contribution < 1.29 is 4.79 Å². The Hall–Kier alpha value is -1.85. The van der Waals surface area contributed by atoms with E-state index < -0.39 is 0 Å². The minimum absolute atomic E-state index is 0. The number of hydrogen-bond acceptors (Lipinski definition) is 3. The Bertz CT molecular complexity index is 672. The van der Waals surface area contributed by atoms with Crippen molar-refractivity contribution in [3.63, 3.8) is 0 Å². The number of nitrogens with one attached hydrogen (secondary N) is 2. The molecule has 2 N–H and O–H groups in total. The van der Waals surface area contributed by atoms with Gasteiger partial charge in [0.15, 0.2) is 0 Å². The third-order valence-corrected chi connectivity index (χ3v) is 5.35. The van der Waals surface area contributed by atoms with Gasteiger partial charge in [0.25, 0.3) is 0 Å². The minimum atomic E-state index is -0.0125. The molecule has 5 nitrogen and oxygen atoms in total. The number of benzene rings is 1. The Morgan fingerprint density at radius 1 is 1.24 bits per heavy atom. The first-order valence-electron chi connectivity index (χ1n) is 8.92. The Morgan fingerprint density at radius 3 is 2.76 bits per heavy atom. The Kier molecular flexibility index (Phi) is 5.76. The molecule has 2 heterocycles. The lowest BCUT2D eigenvalue weighted by Crippen LogP contribution is -2.42. The molecule has 0 bridgehead atoms. The van der Waals surface area contributed by atoms with E-state index in [0.29, 0.717) is 18.5 Å². The molecule has 1 aromatic carbocycles. The van der Waals surface area contributed by atoms with E-state index in [1.807, 2.05) is 41.2 Å². The van der Waals surface area contributed by atoms with Crippen LogP contribution < -0.4 is 10.6 Å². The van der Waals surface area contributed by atoms with Crippen molar-refractivity contribution in [3.05, 3.63) is 48.3 Å². The summed E-state index contributed by atoms with van der Waals surface area (Å²) in [5, 5.41) is 10.8. The molecule has 1 amide bonds. The van der Waals surface area contributed by atoms with Crippen molar-refractivity contribution in [2.24, 2.45) is 5.92 Å². The van der Waals surface area contributed by atoms with Gasteiger partial charge in [-0.2, -0.15) is 5.10 Å². The van der Waals surface area contributed by atoms with Gasteiger partial charge in [-0.05, 0) is 48.9 Å². The Labute approximate surface area is 154 Å². The molecular weight excluding hydrogens is 336 g/mol. The smallest absolute Gasteiger partial charge is 0.237 e. The molecule has 1 aliphatic heterocycles. The summed E-state index contributed by atoms with van der Waals surface area (Å²) in [6.45, 7) is 0.575. The minimum Gasteiger partial charge on any atom is -0.351 e. The van der Waals surface area contributed by atoms with E-state index in [9.17, 15) is 4.79 Å². The summed E-state index contributed by atoms with van der Waals surface area (Å²) in [6.07, 6.45) is 9.79. The summed E-state index contributed by atoms with van der Waals surface area (Å²) in [5.41, 5.74) is 2.13. The lowest BCUT2D eigenvalue weighted by atomic mass is 9.85. The van der Waals surface area contributed by atoms with Crippen LogP contribution >= 0.6 is 12.4 Å². The van der Waals surface area contributed by atoms with Crippen LogP contribution in [0.2, 0.25) is 0 Å². The van der Waals surface area contributed by atoms with Crippen LogP contribution in [-0.4, -0.2) is 27.8 Å². The fourth-order valence-electron chi connectivity index (χ4n) is 4.02. The fraction of sp³-hybridized carbons (Fsp3) is 0.474. The molecule has 1 saturated carbocycles. The molecule has 0 radical (unpaired) electrons. The normalized spacial score (nSPS) is 25.0. The second kappa shape index (κ2) is 8.02. The summed E-state index contributed by atoms with van der Waals surface area (Å²) in [7, 11) is 0. The highest BCUT2D eigenvalue weighted by Crippen LogP contribution is 2.33. The fourth-order valence-corrected chi connectivity index (χ4v) is 4.02. The van der Waals surface area contributed by atoms with Gasteiger partial charge in [-0.3, -0.25) is 4.79 Å². The number of hydrogen-bond donors (Lipinski definition) is 2. The third-order valence-electron chi connectivity index (χ3n) is 5.35. The van der Waals surface area contributed by atoms with E-state index in [1.165, 1.54) is 25.7 Å². The summed E-state index contributed by atoms with van der Waals surface area (Å²) in [5.74, 6) is 0.836. The first kappa shape index (κ1) is 18.0.